The molecule has 0 aliphatic heterocycles. The first-order valence-electron chi connectivity index (χ1n) is 5.32. The smallest absolute Gasteiger partial charge is 0.316 e. The highest BCUT2D eigenvalue weighted by molar-refractivity contribution is 6.01. The molecule has 0 amide bonds. The molecule has 3 unspecified atom stereocenters. The maximum absolute atomic E-state index is 11.8. The van der Waals surface area contributed by atoms with E-state index >= 15 is 0 Å². The van der Waals surface area contributed by atoms with Gasteiger partial charge in [-0.1, -0.05) is 13.8 Å². The molecule has 3 nitrogen and oxygen atoms in total. The molecular formula is C11H18O3. The van der Waals surface area contributed by atoms with Crippen LogP contribution < -0.4 is 0 Å². The van der Waals surface area contributed by atoms with Crippen LogP contribution in [0.25, 0.3) is 0 Å². The number of carbonyl (C=O) groups excluding carboxylic acids is 2. The second-order valence-electron chi connectivity index (χ2n) is 3.93. The number of hydrogen-bond acceptors (Lipinski definition) is 3. The molecule has 14 heavy (non-hydrogen) atoms. The number of hydrogen-bond donors (Lipinski definition) is 0. The van der Waals surface area contributed by atoms with E-state index < -0.39 is 5.92 Å². The summed E-state index contributed by atoms with van der Waals surface area (Å²) in [6, 6.07) is 0. The van der Waals surface area contributed by atoms with Gasteiger partial charge in [0.1, 0.15) is 11.7 Å². The van der Waals surface area contributed by atoms with Crippen molar-refractivity contribution in [3.8, 4) is 0 Å². The molecule has 0 spiro atoms. The summed E-state index contributed by atoms with van der Waals surface area (Å²) in [4.78, 5) is 23.2. The van der Waals surface area contributed by atoms with Gasteiger partial charge >= 0.3 is 5.97 Å². The zero-order valence-electron chi connectivity index (χ0n) is 9.08. The molecule has 0 aromatic heterocycles. The Morgan fingerprint density at radius 3 is 2.36 bits per heavy atom. The van der Waals surface area contributed by atoms with Gasteiger partial charge in [0, 0.05) is 5.92 Å². The summed E-state index contributed by atoms with van der Waals surface area (Å²) in [6.45, 7) is 6.00. The van der Waals surface area contributed by atoms with Crippen LogP contribution in [-0.4, -0.2) is 18.4 Å². The minimum absolute atomic E-state index is 0.0819. The quantitative estimate of drug-likeness (QED) is 0.499. The molecule has 0 aromatic rings. The first-order chi connectivity index (χ1) is 6.61. The van der Waals surface area contributed by atoms with Gasteiger partial charge in [-0.05, 0) is 25.7 Å². The van der Waals surface area contributed by atoms with E-state index in [4.69, 9.17) is 4.74 Å². The van der Waals surface area contributed by atoms with Crippen molar-refractivity contribution < 1.29 is 14.3 Å². The van der Waals surface area contributed by atoms with Crippen molar-refractivity contribution in [3.05, 3.63) is 0 Å². The second kappa shape index (κ2) is 4.58. The Bertz CT molecular complexity index is 235. The van der Waals surface area contributed by atoms with Gasteiger partial charge in [-0.25, -0.2) is 0 Å². The van der Waals surface area contributed by atoms with Crippen LogP contribution in [0.2, 0.25) is 0 Å². The van der Waals surface area contributed by atoms with Gasteiger partial charge in [-0.3, -0.25) is 9.59 Å². The van der Waals surface area contributed by atoms with E-state index in [1.54, 1.807) is 6.92 Å². The van der Waals surface area contributed by atoms with Crippen molar-refractivity contribution >= 4 is 11.8 Å². The first kappa shape index (κ1) is 11.2. The second-order valence-corrected chi connectivity index (χ2v) is 3.93. The maximum Gasteiger partial charge on any atom is 0.316 e. The van der Waals surface area contributed by atoms with Crippen LogP contribution in [0.4, 0.5) is 0 Å². The predicted octanol–water partition coefficient (Wildman–Crippen LogP) is 1.80. The van der Waals surface area contributed by atoms with E-state index in [0.29, 0.717) is 18.9 Å². The highest BCUT2D eigenvalue weighted by Gasteiger charge is 2.43. The van der Waals surface area contributed by atoms with Crippen molar-refractivity contribution in [3.63, 3.8) is 0 Å². The number of esters is 1. The lowest BCUT2D eigenvalue weighted by Gasteiger charge is -2.11. The van der Waals surface area contributed by atoms with Crippen LogP contribution in [-0.2, 0) is 14.3 Å². The van der Waals surface area contributed by atoms with E-state index in [2.05, 4.69) is 0 Å². The Kier molecular flexibility index (Phi) is 3.67. The van der Waals surface area contributed by atoms with Crippen molar-refractivity contribution in [2.24, 2.45) is 17.8 Å². The lowest BCUT2D eigenvalue weighted by molar-refractivity contribution is -0.152. The molecular weight excluding hydrogens is 180 g/mol. The van der Waals surface area contributed by atoms with E-state index in [9.17, 15) is 9.59 Å². The Balaban J connectivity index is 2.52. The van der Waals surface area contributed by atoms with E-state index in [0.717, 1.165) is 6.42 Å². The summed E-state index contributed by atoms with van der Waals surface area (Å²) in [5, 5.41) is 0. The number of rotatable bonds is 5. The van der Waals surface area contributed by atoms with Gasteiger partial charge in [0.05, 0.1) is 6.61 Å². The normalized spacial score (nSPS) is 26.8. The third-order valence-electron chi connectivity index (χ3n) is 2.80. The van der Waals surface area contributed by atoms with Crippen molar-refractivity contribution in [1.82, 2.24) is 0 Å². The lowest BCUT2D eigenvalue weighted by Crippen LogP contribution is -2.27. The third kappa shape index (κ3) is 2.34. The molecule has 0 N–H and O–H groups in total. The van der Waals surface area contributed by atoms with Crippen molar-refractivity contribution in [2.45, 2.75) is 33.6 Å². The highest BCUT2D eigenvalue weighted by atomic mass is 16.5. The molecule has 0 saturated heterocycles. The molecule has 3 atom stereocenters. The van der Waals surface area contributed by atoms with E-state index in [-0.39, 0.29) is 17.7 Å². The number of carbonyl (C=O) groups is 2. The van der Waals surface area contributed by atoms with Gasteiger partial charge < -0.3 is 4.74 Å². The summed E-state index contributed by atoms with van der Waals surface area (Å²) >= 11 is 0. The molecule has 1 aliphatic carbocycles. The van der Waals surface area contributed by atoms with Crippen LogP contribution in [0.15, 0.2) is 0 Å². The number of ketones is 1. The monoisotopic (exact) mass is 198 g/mol. The fourth-order valence-electron chi connectivity index (χ4n) is 1.70. The largest absolute Gasteiger partial charge is 0.465 e. The van der Waals surface area contributed by atoms with Gasteiger partial charge in [0.15, 0.2) is 0 Å². The Morgan fingerprint density at radius 2 is 2.00 bits per heavy atom. The van der Waals surface area contributed by atoms with Crippen molar-refractivity contribution in [1.29, 1.82) is 0 Å². The van der Waals surface area contributed by atoms with Crippen molar-refractivity contribution in [2.75, 3.05) is 6.61 Å². The molecule has 80 valence electrons. The van der Waals surface area contributed by atoms with Crippen LogP contribution in [0.1, 0.15) is 33.6 Å². The average molecular weight is 198 g/mol. The predicted molar refractivity (Wildman–Crippen MR) is 52.7 cm³/mol. The summed E-state index contributed by atoms with van der Waals surface area (Å²) < 4.78 is 4.87. The van der Waals surface area contributed by atoms with Gasteiger partial charge in [-0.2, -0.15) is 0 Å². The Labute approximate surface area is 84.8 Å². The standard InChI is InChI=1S/C11H18O3/c1-4-8(11(13)14-5-2)10(12)9-6-7(9)3/h7-9H,4-6H2,1-3H3. The Hall–Kier alpha value is -0.860. The van der Waals surface area contributed by atoms with Gasteiger partial charge in [-0.15, -0.1) is 0 Å². The molecule has 1 saturated carbocycles. The fourth-order valence-corrected chi connectivity index (χ4v) is 1.70. The molecule has 1 rings (SSSR count). The summed E-state index contributed by atoms with van der Waals surface area (Å²) in [5.74, 6) is -0.210. The van der Waals surface area contributed by atoms with Gasteiger partial charge in [0.25, 0.3) is 0 Å². The molecule has 1 aliphatic rings. The topological polar surface area (TPSA) is 43.4 Å². The molecule has 1 fully saturated rings. The SMILES string of the molecule is CCOC(=O)C(CC)C(=O)C1CC1C. The molecule has 0 aromatic carbocycles. The Morgan fingerprint density at radius 1 is 1.43 bits per heavy atom. The van der Waals surface area contributed by atoms with E-state index in [1.807, 2.05) is 13.8 Å². The van der Waals surface area contributed by atoms with Crippen LogP contribution in [0.3, 0.4) is 0 Å². The molecule has 0 radical (unpaired) electrons. The van der Waals surface area contributed by atoms with Gasteiger partial charge in [0.2, 0.25) is 0 Å². The maximum atomic E-state index is 11.8. The average Bonchev–Trinajstić information content (AvgIpc) is 2.84. The minimum Gasteiger partial charge on any atom is -0.465 e. The molecule has 3 heteroatoms. The van der Waals surface area contributed by atoms with Crippen LogP contribution >= 0.6 is 0 Å². The molecule has 0 heterocycles. The minimum atomic E-state index is -0.523. The number of Topliss-reactive ketones (excluding diaryl/α,β-unsaturated/α-hetero) is 1. The summed E-state index contributed by atoms with van der Waals surface area (Å²) in [6.07, 6.45) is 1.50. The fraction of sp³-hybridized carbons (Fsp3) is 0.818. The van der Waals surface area contributed by atoms with Crippen LogP contribution in [0.5, 0.6) is 0 Å². The lowest BCUT2D eigenvalue weighted by atomic mass is 9.97. The zero-order chi connectivity index (χ0) is 10.7. The third-order valence-corrected chi connectivity index (χ3v) is 2.80. The first-order valence-corrected chi connectivity index (χ1v) is 5.32. The van der Waals surface area contributed by atoms with Crippen LogP contribution in [0, 0.1) is 17.8 Å². The summed E-state index contributed by atoms with van der Waals surface area (Å²) in [5.41, 5.74) is 0. The zero-order valence-corrected chi connectivity index (χ0v) is 9.08. The van der Waals surface area contributed by atoms with E-state index in [1.165, 1.54) is 0 Å². The molecule has 0 bridgehead atoms. The number of ether oxygens (including phenoxy) is 1. The summed E-state index contributed by atoms with van der Waals surface area (Å²) in [7, 11) is 0. The highest BCUT2D eigenvalue weighted by Crippen LogP contribution is 2.40.